The molecule has 1 saturated heterocycles. The summed E-state index contributed by atoms with van der Waals surface area (Å²) in [4.78, 5) is 12.2. The Morgan fingerprint density at radius 2 is 1.82 bits per heavy atom. The molecule has 7 nitrogen and oxygen atoms in total. The van der Waals surface area contributed by atoms with Gasteiger partial charge in [-0.05, 0) is 48.4 Å². The van der Waals surface area contributed by atoms with E-state index in [1.807, 2.05) is 0 Å². The maximum Gasteiger partial charge on any atom is 0.244 e. The summed E-state index contributed by atoms with van der Waals surface area (Å²) >= 11 is 5.82. The highest BCUT2D eigenvalue weighted by Gasteiger charge is 2.42. The number of amides is 1. The van der Waals surface area contributed by atoms with Crippen LogP contribution in [0, 0.1) is 12.8 Å². The minimum absolute atomic E-state index is 0.0160. The van der Waals surface area contributed by atoms with Gasteiger partial charge in [-0.2, -0.15) is 0 Å². The fraction of sp³-hybridized carbons (Fsp3) is 0.278. The number of hydrogen-bond acceptors (Lipinski definition) is 5. The molecule has 1 N–H and O–H groups in total. The molecule has 150 valence electrons. The Hall–Kier alpha value is -1.94. The molecule has 0 spiro atoms. The van der Waals surface area contributed by atoms with Crippen molar-refractivity contribution in [2.75, 3.05) is 10.1 Å². The van der Waals surface area contributed by atoms with Crippen LogP contribution < -0.4 is 9.03 Å². The van der Waals surface area contributed by atoms with Gasteiger partial charge in [0.05, 0.1) is 22.3 Å². The molecule has 1 amide bonds. The molecule has 1 aliphatic heterocycles. The van der Waals surface area contributed by atoms with Crippen LogP contribution in [0.4, 0.5) is 5.69 Å². The molecule has 0 radical (unpaired) electrons. The zero-order chi connectivity index (χ0) is 20.7. The molecule has 1 heterocycles. The Morgan fingerprint density at radius 3 is 2.36 bits per heavy atom. The zero-order valence-electron chi connectivity index (χ0n) is 15.2. The number of hydrogen-bond donors (Lipinski definition) is 1. The summed E-state index contributed by atoms with van der Waals surface area (Å²) in [5, 5.41) is 0.554. The molecular weight excluding hydrogens is 424 g/mol. The van der Waals surface area contributed by atoms with E-state index in [2.05, 4.69) is 4.72 Å². The van der Waals surface area contributed by atoms with Crippen LogP contribution in [-0.4, -0.2) is 28.5 Å². The first kappa shape index (κ1) is 20.8. The van der Waals surface area contributed by atoms with Crippen LogP contribution in [0.1, 0.15) is 18.1 Å². The number of nitrogens with one attached hydrogen (secondary N) is 1. The third-order valence-electron chi connectivity index (χ3n) is 4.42. The summed E-state index contributed by atoms with van der Waals surface area (Å²) in [6.45, 7) is 3.18. The van der Waals surface area contributed by atoms with Crippen molar-refractivity contribution in [2.45, 2.75) is 25.3 Å². The highest BCUT2D eigenvalue weighted by atomic mass is 35.5. The molecule has 1 atom stereocenters. The maximum atomic E-state index is 12.6. The molecule has 0 aromatic heterocycles. The monoisotopic (exact) mass is 442 g/mol. The van der Waals surface area contributed by atoms with E-state index in [0.29, 0.717) is 10.6 Å². The number of halogens is 1. The third-order valence-corrected chi connectivity index (χ3v) is 8.10. The fourth-order valence-electron chi connectivity index (χ4n) is 3.01. The van der Waals surface area contributed by atoms with E-state index in [4.69, 9.17) is 11.6 Å². The highest BCUT2D eigenvalue weighted by Crippen LogP contribution is 2.30. The lowest BCUT2D eigenvalue weighted by molar-refractivity contribution is -0.119. The molecule has 10 heteroatoms. The van der Waals surface area contributed by atoms with Gasteiger partial charge >= 0.3 is 0 Å². The van der Waals surface area contributed by atoms with E-state index >= 15 is 0 Å². The van der Waals surface area contributed by atoms with E-state index < -0.39 is 31.9 Å². The molecule has 28 heavy (non-hydrogen) atoms. The van der Waals surface area contributed by atoms with Gasteiger partial charge in [-0.25, -0.2) is 25.9 Å². The Morgan fingerprint density at radius 1 is 1.18 bits per heavy atom. The van der Waals surface area contributed by atoms with Crippen molar-refractivity contribution in [1.29, 1.82) is 0 Å². The molecular formula is C18H19ClN2O5S2. The quantitative estimate of drug-likeness (QED) is 0.766. The lowest BCUT2D eigenvalue weighted by atomic mass is 10.2. The molecule has 0 bridgehead atoms. The molecule has 1 unspecified atom stereocenters. The number of nitrogens with zero attached hydrogens (tertiary/aromatic N) is 1. The largest absolute Gasteiger partial charge is 0.273 e. The topological polar surface area (TPSA) is 101 Å². The van der Waals surface area contributed by atoms with Crippen LogP contribution in [0.3, 0.4) is 0 Å². The predicted molar refractivity (Wildman–Crippen MR) is 107 cm³/mol. The molecule has 0 saturated carbocycles. The lowest BCUT2D eigenvalue weighted by Gasteiger charge is -2.17. The second-order valence-corrected chi connectivity index (χ2v) is 10.7. The van der Waals surface area contributed by atoms with Crippen LogP contribution in [0.25, 0.3) is 0 Å². The Balaban J connectivity index is 1.85. The average Bonchev–Trinajstić information content (AvgIpc) is 2.81. The van der Waals surface area contributed by atoms with Crippen LogP contribution in [0.15, 0.2) is 47.4 Å². The second-order valence-electron chi connectivity index (χ2n) is 6.68. The minimum Gasteiger partial charge on any atom is -0.273 e. The van der Waals surface area contributed by atoms with Crippen molar-refractivity contribution < 1.29 is 21.6 Å². The number of benzene rings is 2. The van der Waals surface area contributed by atoms with E-state index in [1.54, 1.807) is 38.1 Å². The first-order valence-electron chi connectivity index (χ1n) is 8.43. The average molecular weight is 443 g/mol. The highest BCUT2D eigenvalue weighted by molar-refractivity contribution is 7.94. The lowest BCUT2D eigenvalue weighted by Crippen LogP contribution is -2.30. The zero-order valence-corrected chi connectivity index (χ0v) is 17.6. The van der Waals surface area contributed by atoms with Crippen molar-refractivity contribution >= 4 is 43.2 Å². The molecule has 0 aliphatic carbocycles. The summed E-state index contributed by atoms with van der Waals surface area (Å²) in [7, 11) is -7.57. The van der Waals surface area contributed by atoms with Gasteiger partial charge in [0.1, 0.15) is 0 Å². The van der Waals surface area contributed by atoms with Gasteiger partial charge in [-0.1, -0.05) is 30.7 Å². The number of aryl methyl sites for hydroxylation is 1. The molecule has 2 aromatic carbocycles. The van der Waals surface area contributed by atoms with Gasteiger partial charge < -0.3 is 0 Å². The predicted octanol–water partition coefficient (Wildman–Crippen LogP) is 2.44. The van der Waals surface area contributed by atoms with Crippen molar-refractivity contribution in [3.05, 3.63) is 58.6 Å². The summed E-state index contributed by atoms with van der Waals surface area (Å²) in [5.41, 5.74) is 1.22. The minimum atomic E-state index is -3.83. The third kappa shape index (κ3) is 4.07. The normalized spacial score (nSPS) is 19.2. The number of carbonyl (C=O) groups excluding carboxylic acids is 1. The molecule has 1 aliphatic rings. The fourth-order valence-corrected chi connectivity index (χ4v) is 6.19. The summed E-state index contributed by atoms with van der Waals surface area (Å²) in [6.07, 6.45) is 0. The second kappa shape index (κ2) is 7.47. The van der Waals surface area contributed by atoms with Gasteiger partial charge in [0.2, 0.25) is 26.0 Å². The van der Waals surface area contributed by atoms with Crippen LogP contribution in [0.2, 0.25) is 5.02 Å². The Bertz CT molecular complexity index is 1130. The van der Waals surface area contributed by atoms with E-state index in [-0.39, 0.29) is 22.9 Å². The molecule has 3 rings (SSSR count). The first-order valence-corrected chi connectivity index (χ1v) is 11.9. The smallest absolute Gasteiger partial charge is 0.244 e. The summed E-state index contributed by atoms with van der Waals surface area (Å²) in [6, 6.07) is 10.8. The number of carbonyl (C=O) groups is 1. The Kier molecular flexibility index (Phi) is 5.55. The standard InChI is InChI=1S/C18H19ClN2O5S2/c1-12-9-16(21-18(22)13(2)11-27(21,23)24)7-8-17(12)28(25,26)20-10-14-3-5-15(19)6-4-14/h3-9,13,20H,10-11H2,1-2H3. The van der Waals surface area contributed by atoms with Crippen molar-refractivity contribution in [3.63, 3.8) is 0 Å². The van der Waals surface area contributed by atoms with Crippen molar-refractivity contribution in [3.8, 4) is 0 Å². The van der Waals surface area contributed by atoms with Crippen molar-refractivity contribution in [1.82, 2.24) is 4.72 Å². The van der Waals surface area contributed by atoms with Crippen LogP contribution >= 0.6 is 11.6 Å². The molecule has 1 fully saturated rings. The molecule has 2 aromatic rings. The van der Waals surface area contributed by atoms with Crippen LogP contribution in [0.5, 0.6) is 0 Å². The van der Waals surface area contributed by atoms with Gasteiger partial charge in [0.25, 0.3) is 0 Å². The van der Waals surface area contributed by atoms with Crippen molar-refractivity contribution in [2.24, 2.45) is 5.92 Å². The number of anilines is 1. The maximum absolute atomic E-state index is 12.6. The van der Waals surface area contributed by atoms with E-state index in [9.17, 15) is 21.6 Å². The van der Waals surface area contributed by atoms with E-state index in [1.165, 1.54) is 18.2 Å². The van der Waals surface area contributed by atoms with Crippen LogP contribution in [-0.2, 0) is 31.4 Å². The summed E-state index contributed by atoms with van der Waals surface area (Å²) < 4.78 is 53.0. The summed E-state index contributed by atoms with van der Waals surface area (Å²) in [5.74, 6) is -1.40. The SMILES string of the molecule is Cc1cc(N2C(=O)C(C)CS2(=O)=O)ccc1S(=O)(=O)NCc1ccc(Cl)cc1. The van der Waals surface area contributed by atoms with Gasteiger partial charge in [0.15, 0.2) is 0 Å². The number of rotatable bonds is 5. The first-order chi connectivity index (χ1) is 13.0. The van der Waals surface area contributed by atoms with Gasteiger partial charge in [0, 0.05) is 11.6 Å². The number of sulfonamides is 2. The van der Waals surface area contributed by atoms with Gasteiger partial charge in [-0.15, -0.1) is 0 Å². The van der Waals surface area contributed by atoms with Gasteiger partial charge in [-0.3, -0.25) is 4.79 Å². The van der Waals surface area contributed by atoms with E-state index in [0.717, 1.165) is 9.87 Å². The Labute approximate surface area is 169 Å².